The molecule has 0 heterocycles. The number of carbonyl (C=O) groups is 1. The lowest BCUT2D eigenvalue weighted by Crippen LogP contribution is -1.60. The van der Waals surface area contributed by atoms with E-state index < -0.39 is 0 Å². The van der Waals surface area contributed by atoms with Crippen LogP contribution in [0.4, 0.5) is 0 Å². The maximum Gasteiger partial charge on any atom is 0.145 e. The number of hydrogen-bond donors (Lipinski definition) is 0. The molecule has 2 heteroatoms. The van der Waals surface area contributed by atoms with Crippen LogP contribution >= 0.6 is 9.24 Å². The fourth-order valence-corrected chi connectivity index (χ4v) is 0. The molecule has 0 N–H and O–H groups in total. The van der Waals surface area contributed by atoms with Crippen LogP contribution in [0.3, 0.4) is 0 Å². The molecule has 0 radical (unpaired) electrons. The van der Waals surface area contributed by atoms with Gasteiger partial charge in [-0.1, -0.05) is 9.24 Å². The summed E-state index contributed by atoms with van der Waals surface area (Å²) in [6.45, 7) is 1.49. The molecule has 0 rings (SSSR count). The Labute approximate surface area is 27.6 Å². The van der Waals surface area contributed by atoms with Gasteiger partial charge >= 0.3 is 0 Å². The first-order chi connectivity index (χ1) is 1.73. The molecule has 0 amide bonds. The lowest BCUT2D eigenvalue weighted by molar-refractivity contribution is -0.109. The van der Waals surface area contributed by atoms with E-state index in [1.807, 2.05) is 9.24 Å². The largest absolute Gasteiger partial charge is 0.296 e. The minimum Gasteiger partial charge on any atom is -0.296 e. The normalized spacial score (nSPS) is 6.50. The van der Waals surface area contributed by atoms with Crippen molar-refractivity contribution in [3.63, 3.8) is 0 Å². The smallest absolute Gasteiger partial charge is 0.145 e. The fraction of sp³-hybridized carbons (Fsp3) is 0.500. The van der Waals surface area contributed by atoms with Crippen LogP contribution in [0.25, 0.3) is 0 Å². The van der Waals surface area contributed by atoms with Gasteiger partial charge in [0, 0.05) is 0 Å². The Morgan fingerprint density at radius 2 is 2.00 bits per heavy atom. The first kappa shape index (κ1) is 4.10. The third-order valence-electron chi connectivity index (χ3n) is 0. The van der Waals surface area contributed by atoms with E-state index in [0.29, 0.717) is 0 Å². The first-order valence-electron chi connectivity index (χ1n) is 0.993. The van der Waals surface area contributed by atoms with E-state index >= 15 is 0 Å². The van der Waals surface area contributed by atoms with Crippen LogP contribution in [0, 0.1) is 0 Å². The van der Waals surface area contributed by atoms with Gasteiger partial charge in [0.2, 0.25) is 0 Å². The summed E-state index contributed by atoms with van der Waals surface area (Å²) >= 11 is 0. The molecule has 1 atom stereocenters. The molecule has 0 bridgehead atoms. The molecule has 0 aliphatic heterocycles. The Bertz CT molecular complexity index is 29.0. The van der Waals surface area contributed by atoms with Gasteiger partial charge < -0.3 is 0 Å². The van der Waals surface area contributed by atoms with Crippen LogP contribution in [0.15, 0.2) is 0 Å². The monoisotopic (exact) mass is 76.0 g/mol. The summed E-state index contributed by atoms with van der Waals surface area (Å²) < 4.78 is 0. The fourth-order valence-electron chi connectivity index (χ4n) is 0. The molecule has 4 heavy (non-hydrogen) atoms. The minimum atomic E-state index is 0.0833. The summed E-state index contributed by atoms with van der Waals surface area (Å²) in [4.78, 5) is 9.41. The lowest BCUT2D eigenvalue weighted by atomic mass is 10.9. The molecule has 0 aromatic rings. The van der Waals surface area contributed by atoms with Crippen molar-refractivity contribution in [1.82, 2.24) is 0 Å². The SMILES string of the molecule is CC(=O)P. The van der Waals surface area contributed by atoms with Gasteiger partial charge in [-0.15, -0.1) is 0 Å². The summed E-state index contributed by atoms with van der Waals surface area (Å²) in [5.74, 6) is 0. The van der Waals surface area contributed by atoms with Crippen molar-refractivity contribution < 1.29 is 4.79 Å². The van der Waals surface area contributed by atoms with E-state index in [2.05, 4.69) is 0 Å². The topological polar surface area (TPSA) is 17.1 Å². The van der Waals surface area contributed by atoms with E-state index in [9.17, 15) is 4.79 Å². The van der Waals surface area contributed by atoms with E-state index in [0.717, 1.165) is 0 Å². The van der Waals surface area contributed by atoms with Gasteiger partial charge in [-0.2, -0.15) is 0 Å². The van der Waals surface area contributed by atoms with Gasteiger partial charge in [0.1, 0.15) is 5.52 Å². The minimum absolute atomic E-state index is 0.0833. The highest BCUT2D eigenvalue weighted by atomic mass is 31.0. The van der Waals surface area contributed by atoms with Crippen molar-refractivity contribution in [3.05, 3.63) is 0 Å². The van der Waals surface area contributed by atoms with Crippen molar-refractivity contribution in [3.8, 4) is 0 Å². The third kappa shape index (κ3) is 254. The molecule has 0 spiro atoms. The Hall–Kier alpha value is 0.100. The van der Waals surface area contributed by atoms with Gasteiger partial charge in [0.15, 0.2) is 0 Å². The Balaban J connectivity index is 2.80. The van der Waals surface area contributed by atoms with Gasteiger partial charge in [0.05, 0.1) is 0 Å². The molecule has 0 fully saturated rings. The summed E-state index contributed by atoms with van der Waals surface area (Å²) in [7, 11) is 2.02. The molecule has 0 aliphatic carbocycles. The number of hydrogen-bond acceptors (Lipinski definition) is 1. The van der Waals surface area contributed by atoms with Crippen molar-refractivity contribution in [2.45, 2.75) is 6.92 Å². The van der Waals surface area contributed by atoms with Crippen molar-refractivity contribution in [1.29, 1.82) is 0 Å². The van der Waals surface area contributed by atoms with Crippen molar-refractivity contribution in [2.75, 3.05) is 0 Å². The Morgan fingerprint density at radius 3 is 2.00 bits per heavy atom. The average Bonchev–Trinajstić information content (AvgIpc) is 0.811. The number of carbonyl (C=O) groups excluding carboxylic acids is 1. The predicted octanol–water partition coefficient (Wildman–Crippen LogP) is 0.408. The molecule has 1 unspecified atom stereocenters. The zero-order valence-electron chi connectivity index (χ0n) is 2.49. The van der Waals surface area contributed by atoms with Crippen LogP contribution in [0.2, 0.25) is 0 Å². The van der Waals surface area contributed by atoms with Crippen LogP contribution < -0.4 is 0 Å². The van der Waals surface area contributed by atoms with E-state index in [1.165, 1.54) is 6.92 Å². The second-order valence-electron chi connectivity index (χ2n) is 0.611. The van der Waals surface area contributed by atoms with Crippen molar-refractivity contribution >= 4 is 14.8 Å². The summed E-state index contributed by atoms with van der Waals surface area (Å²) in [5.41, 5.74) is 0.0833. The third-order valence-corrected chi connectivity index (χ3v) is 0. The van der Waals surface area contributed by atoms with E-state index in [1.54, 1.807) is 0 Å². The van der Waals surface area contributed by atoms with Crippen molar-refractivity contribution in [2.24, 2.45) is 0 Å². The molecule has 24 valence electrons. The van der Waals surface area contributed by atoms with Crippen LogP contribution in [-0.2, 0) is 4.79 Å². The van der Waals surface area contributed by atoms with Crippen LogP contribution in [0.5, 0.6) is 0 Å². The summed E-state index contributed by atoms with van der Waals surface area (Å²) in [6.07, 6.45) is 0. The van der Waals surface area contributed by atoms with Gasteiger partial charge in [-0.05, 0) is 6.92 Å². The van der Waals surface area contributed by atoms with Gasteiger partial charge in [0.25, 0.3) is 0 Å². The summed E-state index contributed by atoms with van der Waals surface area (Å²) in [5, 5.41) is 0. The maximum absolute atomic E-state index is 9.41. The maximum atomic E-state index is 9.41. The molecule has 1 nitrogen and oxygen atoms in total. The Morgan fingerprint density at radius 1 is 2.00 bits per heavy atom. The van der Waals surface area contributed by atoms with E-state index in [-0.39, 0.29) is 5.52 Å². The Kier molecular flexibility index (Phi) is 1.46. The second-order valence-corrected chi connectivity index (χ2v) is 1.42. The molecule has 0 aromatic heterocycles. The average molecular weight is 76.0 g/mol. The highest BCUT2D eigenvalue weighted by molar-refractivity contribution is 7.39. The molecule has 0 aliphatic rings. The molecular formula is C2H5OP. The highest BCUT2D eigenvalue weighted by Crippen LogP contribution is 1.74. The standard InChI is InChI=1S/C2H5OP/c1-2(3)4/h4H2,1H3. The first-order valence-corrected chi connectivity index (χ1v) is 1.57. The molecule has 0 saturated heterocycles. The highest BCUT2D eigenvalue weighted by Gasteiger charge is 1.62. The number of rotatable bonds is 0. The lowest BCUT2D eigenvalue weighted by Gasteiger charge is -1.56. The molecule has 0 saturated carbocycles. The second kappa shape index (κ2) is 1.42. The van der Waals surface area contributed by atoms with Crippen LogP contribution in [0.1, 0.15) is 6.92 Å². The van der Waals surface area contributed by atoms with Crippen LogP contribution in [-0.4, -0.2) is 5.52 Å². The molecule has 0 aromatic carbocycles. The molecular weight excluding hydrogens is 71.0 g/mol. The quantitative estimate of drug-likeness (QED) is 0.382. The zero-order chi connectivity index (χ0) is 3.58. The van der Waals surface area contributed by atoms with E-state index in [4.69, 9.17) is 0 Å². The summed E-state index contributed by atoms with van der Waals surface area (Å²) in [6, 6.07) is 0. The zero-order valence-corrected chi connectivity index (χ0v) is 3.64. The van der Waals surface area contributed by atoms with Gasteiger partial charge in [-0.3, -0.25) is 4.79 Å². The predicted molar refractivity (Wildman–Crippen MR) is 20.4 cm³/mol. The van der Waals surface area contributed by atoms with Gasteiger partial charge in [-0.25, -0.2) is 0 Å².